The van der Waals surface area contributed by atoms with Crippen LogP contribution in [0.2, 0.25) is 0 Å². The number of carbonyl (C=O) groups excluding carboxylic acids is 2. The van der Waals surface area contributed by atoms with Crippen molar-refractivity contribution >= 4 is 45.4 Å². The van der Waals surface area contributed by atoms with Crippen molar-refractivity contribution < 1.29 is 19.4 Å². The van der Waals surface area contributed by atoms with Gasteiger partial charge < -0.3 is 5.32 Å². The average molecular weight is 449 g/mol. The first-order valence-electron chi connectivity index (χ1n) is 9.76. The number of hydrazone groups is 1. The highest BCUT2D eigenvalue weighted by Gasteiger charge is 2.21. The van der Waals surface area contributed by atoms with Gasteiger partial charge in [0.1, 0.15) is 0 Å². The van der Waals surface area contributed by atoms with Crippen molar-refractivity contribution in [1.29, 1.82) is 0 Å². The number of nitrogens with one attached hydrogen (secondary N) is 2. The Morgan fingerprint density at radius 3 is 2.39 bits per heavy atom. The summed E-state index contributed by atoms with van der Waals surface area (Å²) in [6.45, 7) is 1.55. The van der Waals surface area contributed by atoms with Gasteiger partial charge in [-0.25, -0.2) is 5.43 Å². The second kappa shape index (κ2) is 10.1. The van der Waals surface area contributed by atoms with Crippen LogP contribution in [-0.2, 0) is 16.0 Å². The number of non-ortho nitro benzene ring substituents is 1. The Kier molecular flexibility index (Phi) is 7.03. The Hall–Kier alpha value is -4.67. The number of carbonyl (C=O) groups is 2. The summed E-state index contributed by atoms with van der Waals surface area (Å²) >= 11 is 0. The molecule has 168 valence electrons. The smallest absolute Gasteiger partial charge is 0.279 e. The van der Waals surface area contributed by atoms with E-state index in [0.717, 1.165) is 29.0 Å². The van der Waals surface area contributed by atoms with Gasteiger partial charge >= 0.3 is 0 Å². The summed E-state index contributed by atoms with van der Waals surface area (Å²) < 4.78 is 0. The van der Waals surface area contributed by atoms with E-state index in [2.05, 4.69) is 15.8 Å². The van der Waals surface area contributed by atoms with E-state index in [1.165, 1.54) is 0 Å². The maximum Gasteiger partial charge on any atom is 0.279 e. The molecule has 0 atom stereocenters. The summed E-state index contributed by atoms with van der Waals surface area (Å²) in [7, 11) is 0. The minimum absolute atomic E-state index is 0.00431. The topological polar surface area (TPSA) is 157 Å². The van der Waals surface area contributed by atoms with Gasteiger partial charge in [0.05, 0.1) is 28.8 Å². The number of nitrogens with zero attached hydrogens (tertiary/aromatic N) is 3. The number of benzene rings is 3. The molecule has 0 aliphatic heterocycles. The molecule has 0 fully saturated rings. The van der Waals surface area contributed by atoms with Crippen LogP contribution in [0, 0.1) is 20.2 Å². The van der Waals surface area contributed by atoms with Crippen molar-refractivity contribution in [2.75, 3.05) is 5.32 Å². The molecule has 3 aromatic rings. The molecule has 0 aromatic heterocycles. The molecule has 0 bridgehead atoms. The Labute approximate surface area is 187 Å². The molecule has 11 nitrogen and oxygen atoms in total. The largest absolute Gasteiger partial charge is 0.325 e. The van der Waals surface area contributed by atoms with Crippen LogP contribution in [0.3, 0.4) is 0 Å². The standard InChI is InChI=1S/C22H19N5O6/c1-14(11-21(28)23-19-8-4-6-15-5-2-3-7-18(15)19)24-25-22(29)12-16-9-10-17(26(30)31)13-20(16)27(32)33/h2-10,13H,11-12H2,1H3,(H,23,28)(H,25,29). The van der Waals surface area contributed by atoms with Gasteiger partial charge in [-0.3, -0.25) is 29.8 Å². The summed E-state index contributed by atoms with van der Waals surface area (Å²) in [4.78, 5) is 45.0. The number of anilines is 1. The first-order chi connectivity index (χ1) is 15.7. The predicted molar refractivity (Wildman–Crippen MR) is 122 cm³/mol. The molecule has 3 aromatic carbocycles. The van der Waals surface area contributed by atoms with Gasteiger partial charge in [0.25, 0.3) is 11.4 Å². The fraction of sp³-hybridized carbons (Fsp3) is 0.136. The number of fused-ring (bicyclic) bond motifs is 1. The number of hydrogen-bond acceptors (Lipinski definition) is 7. The Morgan fingerprint density at radius 2 is 1.67 bits per heavy atom. The van der Waals surface area contributed by atoms with Crippen molar-refractivity contribution in [2.24, 2.45) is 5.10 Å². The van der Waals surface area contributed by atoms with E-state index in [4.69, 9.17) is 0 Å². The lowest BCUT2D eigenvalue weighted by atomic mass is 10.1. The third kappa shape index (κ3) is 5.94. The van der Waals surface area contributed by atoms with Gasteiger partial charge in [-0.1, -0.05) is 36.4 Å². The number of amides is 2. The molecule has 3 rings (SSSR count). The zero-order chi connectivity index (χ0) is 24.0. The second-order valence-electron chi connectivity index (χ2n) is 7.14. The Balaban J connectivity index is 1.60. The lowest BCUT2D eigenvalue weighted by molar-refractivity contribution is -0.394. The highest BCUT2D eigenvalue weighted by molar-refractivity contribution is 6.09. The molecular weight excluding hydrogens is 430 g/mol. The number of nitro groups is 2. The summed E-state index contributed by atoms with van der Waals surface area (Å²) in [6, 6.07) is 16.2. The number of rotatable bonds is 8. The van der Waals surface area contributed by atoms with Gasteiger partial charge in [0.15, 0.2) is 0 Å². The Bertz CT molecular complexity index is 1280. The van der Waals surface area contributed by atoms with Gasteiger partial charge in [-0.15, -0.1) is 0 Å². The van der Waals surface area contributed by atoms with Crippen LogP contribution in [0.5, 0.6) is 0 Å². The fourth-order valence-electron chi connectivity index (χ4n) is 3.16. The van der Waals surface area contributed by atoms with E-state index < -0.39 is 33.5 Å². The molecule has 0 saturated carbocycles. The van der Waals surface area contributed by atoms with E-state index in [9.17, 15) is 29.8 Å². The fourth-order valence-corrected chi connectivity index (χ4v) is 3.16. The molecule has 0 unspecified atom stereocenters. The van der Waals surface area contributed by atoms with Gasteiger partial charge in [-0.2, -0.15) is 5.10 Å². The second-order valence-corrected chi connectivity index (χ2v) is 7.14. The highest BCUT2D eigenvalue weighted by atomic mass is 16.6. The van der Waals surface area contributed by atoms with E-state index in [-0.39, 0.29) is 17.9 Å². The number of hydrogen-bond donors (Lipinski definition) is 2. The average Bonchev–Trinajstić information content (AvgIpc) is 2.78. The minimum Gasteiger partial charge on any atom is -0.325 e. The predicted octanol–water partition coefficient (Wildman–Crippen LogP) is 3.72. The summed E-state index contributed by atoms with van der Waals surface area (Å²) in [5, 5.41) is 30.5. The maximum absolute atomic E-state index is 12.4. The van der Waals surface area contributed by atoms with Crippen molar-refractivity contribution in [1.82, 2.24) is 5.43 Å². The summed E-state index contributed by atoms with van der Waals surface area (Å²) in [5.41, 5.74) is 2.24. The van der Waals surface area contributed by atoms with Crippen LogP contribution < -0.4 is 10.7 Å². The van der Waals surface area contributed by atoms with Crippen LogP contribution in [-0.4, -0.2) is 27.4 Å². The van der Waals surface area contributed by atoms with Crippen molar-refractivity contribution in [3.05, 3.63) is 86.5 Å². The highest BCUT2D eigenvalue weighted by Crippen LogP contribution is 2.25. The molecule has 0 spiro atoms. The van der Waals surface area contributed by atoms with Crippen molar-refractivity contribution in [2.45, 2.75) is 19.8 Å². The SMILES string of the molecule is CC(CC(=O)Nc1cccc2ccccc12)=NNC(=O)Cc1ccc([N+](=O)[O-])cc1[N+](=O)[O-]. The van der Waals surface area contributed by atoms with Crippen LogP contribution in [0.4, 0.5) is 17.1 Å². The van der Waals surface area contributed by atoms with Gasteiger partial charge in [-0.05, 0) is 24.4 Å². The first kappa shape index (κ1) is 23.0. The molecule has 0 saturated heterocycles. The normalized spacial score (nSPS) is 11.1. The summed E-state index contributed by atoms with van der Waals surface area (Å²) in [6.07, 6.45) is -0.492. The molecule has 33 heavy (non-hydrogen) atoms. The van der Waals surface area contributed by atoms with E-state index in [1.807, 2.05) is 36.4 Å². The third-order valence-corrected chi connectivity index (χ3v) is 4.68. The van der Waals surface area contributed by atoms with Gasteiger partial charge in [0, 0.05) is 28.4 Å². The van der Waals surface area contributed by atoms with E-state index >= 15 is 0 Å². The molecule has 2 amide bonds. The lowest BCUT2D eigenvalue weighted by Crippen LogP contribution is -2.23. The first-order valence-corrected chi connectivity index (χ1v) is 9.76. The number of nitro benzene ring substituents is 2. The zero-order valence-corrected chi connectivity index (χ0v) is 17.5. The van der Waals surface area contributed by atoms with E-state index in [1.54, 1.807) is 13.0 Å². The quantitative estimate of drug-likeness (QED) is 0.303. The molecule has 0 radical (unpaired) electrons. The molecule has 0 aliphatic carbocycles. The van der Waals surface area contributed by atoms with Crippen LogP contribution >= 0.6 is 0 Å². The molecule has 0 heterocycles. The molecule has 11 heteroatoms. The van der Waals surface area contributed by atoms with Gasteiger partial charge in [0.2, 0.25) is 11.8 Å². The summed E-state index contributed by atoms with van der Waals surface area (Å²) in [5.74, 6) is -0.992. The van der Waals surface area contributed by atoms with Crippen LogP contribution in [0.1, 0.15) is 18.9 Å². The third-order valence-electron chi connectivity index (χ3n) is 4.68. The van der Waals surface area contributed by atoms with Crippen LogP contribution in [0.15, 0.2) is 65.8 Å². The minimum atomic E-state index is -0.790. The molecule has 2 N–H and O–H groups in total. The Morgan fingerprint density at radius 1 is 0.939 bits per heavy atom. The zero-order valence-electron chi connectivity index (χ0n) is 17.5. The van der Waals surface area contributed by atoms with Crippen molar-refractivity contribution in [3.8, 4) is 0 Å². The molecule has 0 aliphatic rings. The molecular formula is C22H19N5O6. The van der Waals surface area contributed by atoms with Crippen LogP contribution in [0.25, 0.3) is 10.8 Å². The van der Waals surface area contributed by atoms with Crippen molar-refractivity contribution in [3.63, 3.8) is 0 Å². The van der Waals surface area contributed by atoms with E-state index in [0.29, 0.717) is 11.4 Å². The lowest BCUT2D eigenvalue weighted by Gasteiger charge is -2.09. The monoisotopic (exact) mass is 449 g/mol. The maximum atomic E-state index is 12.4.